The van der Waals surface area contributed by atoms with Gasteiger partial charge in [0.05, 0.1) is 4.90 Å². The molecule has 0 fully saturated rings. The minimum atomic E-state index is -4.07. The molecule has 2 heterocycles. The Kier molecular flexibility index (Phi) is 5.34. The average molecular weight is 442 g/mol. The first-order chi connectivity index (χ1) is 14.8. The molecule has 2 aromatic carbocycles. The van der Waals surface area contributed by atoms with Crippen molar-refractivity contribution < 1.29 is 17.2 Å². The number of benzene rings is 2. The summed E-state index contributed by atoms with van der Waals surface area (Å²) < 4.78 is 55.3. The first kappa shape index (κ1) is 20.4. The van der Waals surface area contributed by atoms with Crippen molar-refractivity contribution >= 4 is 27.2 Å². The van der Waals surface area contributed by atoms with Crippen LogP contribution in [0, 0.1) is 18.6 Å². The average Bonchev–Trinajstić information content (AvgIpc) is 3.26. The highest BCUT2D eigenvalue weighted by Crippen LogP contribution is 2.22. The van der Waals surface area contributed by atoms with Gasteiger partial charge in [-0.1, -0.05) is 0 Å². The van der Waals surface area contributed by atoms with E-state index in [1.165, 1.54) is 12.1 Å². The van der Waals surface area contributed by atoms with Gasteiger partial charge in [0.1, 0.15) is 23.8 Å². The molecule has 0 amide bonds. The van der Waals surface area contributed by atoms with E-state index >= 15 is 0 Å². The standard InChI is InChI=1S/C20H16F2N6O2S/c1-13-24-19(11-20(25-13)28-9-8-23-12-28)26-14-2-4-15(5-3-14)27-31(29,30)16-6-7-17(21)18(22)10-16/h2-12,27H,1H3,(H,24,25,26). The molecule has 0 spiro atoms. The number of aryl methyl sites for hydroxylation is 1. The summed E-state index contributed by atoms with van der Waals surface area (Å²) in [6.07, 6.45) is 5.03. The number of rotatable bonds is 6. The fourth-order valence-corrected chi connectivity index (χ4v) is 3.84. The van der Waals surface area contributed by atoms with Gasteiger partial charge in [0.15, 0.2) is 11.6 Å². The summed E-state index contributed by atoms with van der Waals surface area (Å²) in [6.45, 7) is 1.77. The van der Waals surface area contributed by atoms with Gasteiger partial charge in [-0.2, -0.15) is 0 Å². The van der Waals surface area contributed by atoms with Gasteiger partial charge in [-0.05, 0) is 49.4 Å². The molecule has 11 heteroatoms. The molecule has 0 unspecified atom stereocenters. The normalized spacial score (nSPS) is 11.3. The van der Waals surface area contributed by atoms with E-state index in [1.54, 1.807) is 48.4 Å². The Morgan fingerprint density at radius 1 is 0.935 bits per heavy atom. The molecule has 0 saturated carbocycles. The van der Waals surface area contributed by atoms with Gasteiger partial charge < -0.3 is 5.32 Å². The summed E-state index contributed by atoms with van der Waals surface area (Å²) >= 11 is 0. The lowest BCUT2D eigenvalue weighted by Crippen LogP contribution is -2.13. The molecule has 0 aliphatic rings. The topological polar surface area (TPSA) is 102 Å². The largest absolute Gasteiger partial charge is 0.340 e. The third-order valence-electron chi connectivity index (χ3n) is 4.20. The predicted octanol–water partition coefficient (Wildman–Crippen LogP) is 3.79. The van der Waals surface area contributed by atoms with Crippen LogP contribution in [0.3, 0.4) is 0 Å². The molecule has 2 aromatic heterocycles. The molecule has 0 bridgehead atoms. The molecule has 0 aliphatic heterocycles. The van der Waals surface area contributed by atoms with E-state index in [4.69, 9.17) is 0 Å². The Hall–Kier alpha value is -3.86. The summed E-state index contributed by atoms with van der Waals surface area (Å²) in [5, 5.41) is 3.13. The molecule has 2 N–H and O–H groups in total. The lowest BCUT2D eigenvalue weighted by Gasteiger charge is -2.11. The molecule has 0 atom stereocenters. The van der Waals surface area contributed by atoms with Gasteiger partial charge in [0, 0.05) is 29.8 Å². The zero-order chi connectivity index (χ0) is 22.0. The first-order valence-electron chi connectivity index (χ1n) is 8.99. The van der Waals surface area contributed by atoms with Crippen LogP contribution in [0.5, 0.6) is 0 Å². The fourth-order valence-electron chi connectivity index (χ4n) is 2.77. The lowest BCUT2D eigenvalue weighted by atomic mass is 10.3. The van der Waals surface area contributed by atoms with Crippen molar-refractivity contribution in [3.05, 3.63) is 84.7 Å². The number of hydrogen-bond acceptors (Lipinski definition) is 6. The van der Waals surface area contributed by atoms with Gasteiger partial charge in [-0.25, -0.2) is 32.2 Å². The first-order valence-corrected chi connectivity index (χ1v) is 10.5. The molecule has 158 valence electrons. The molecule has 4 aromatic rings. The fraction of sp³-hybridized carbons (Fsp3) is 0.0500. The molecule has 0 aliphatic carbocycles. The predicted molar refractivity (Wildman–Crippen MR) is 111 cm³/mol. The number of imidazole rings is 1. The van der Waals surface area contributed by atoms with Crippen LogP contribution in [-0.4, -0.2) is 27.9 Å². The number of sulfonamides is 1. The van der Waals surface area contributed by atoms with Crippen molar-refractivity contribution in [1.82, 2.24) is 19.5 Å². The number of anilines is 3. The number of nitrogens with one attached hydrogen (secondary N) is 2. The zero-order valence-corrected chi connectivity index (χ0v) is 16.9. The Bertz CT molecular complexity index is 1330. The van der Waals surface area contributed by atoms with Gasteiger partial charge in [-0.15, -0.1) is 0 Å². The molecule has 0 saturated heterocycles. The highest BCUT2D eigenvalue weighted by molar-refractivity contribution is 7.92. The molecular formula is C20H16F2N6O2S. The Morgan fingerprint density at radius 2 is 1.68 bits per heavy atom. The van der Waals surface area contributed by atoms with Gasteiger partial charge in [0.2, 0.25) is 0 Å². The number of halogens is 2. The van der Waals surface area contributed by atoms with E-state index < -0.39 is 21.7 Å². The van der Waals surface area contributed by atoms with Gasteiger partial charge >= 0.3 is 0 Å². The van der Waals surface area contributed by atoms with Gasteiger partial charge in [-0.3, -0.25) is 9.29 Å². The van der Waals surface area contributed by atoms with Crippen molar-refractivity contribution in [3.8, 4) is 5.82 Å². The summed E-state index contributed by atoms with van der Waals surface area (Å²) in [7, 11) is -4.07. The van der Waals surface area contributed by atoms with E-state index in [-0.39, 0.29) is 10.6 Å². The van der Waals surface area contributed by atoms with Gasteiger partial charge in [0.25, 0.3) is 10.0 Å². The van der Waals surface area contributed by atoms with E-state index in [1.807, 2.05) is 0 Å². The molecule has 4 rings (SSSR count). The summed E-state index contributed by atoms with van der Waals surface area (Å²) in [6, 6.07) is 10.5. The molecule has 31 heavy (non-hydrogen) atoms. The van der Waals surface area contributed by atoms with Crippen LogP contribution in [-0.2, 0) is 10.0 Å². The zero-order valence-electron chi connectivity index (χ0n) is 16.1. The second-order valence-corrected chi connectivity index (χ2v) is 8.19. The Morgan fingerprint density at radius 3 is 2.35 bits per heavy atom. The van der Waals surface area contributed by atoms with Crippen LogP contribution in [0.4, 0.5) is 26.0 Å². The SMILES string of the molecule is Cc1nc(Nc2ccc(NS(=O)(=O)c3ccc(F)c(F)c3)cc2)cc(-n2ccnc2)n1. The quantitative estimate of drug-likeness (QED) is 0.471. The monoisotopic (exact) mass is 442 g/mol. The van der Waals surface area contributed by atoms with Crippen LogP contribution in [0.25, 0.3) is 5.82 Å². The maximum Gasteiger partial charge on any atom is 0.261 e. The molecule has 8 nitrogen and oxygen atoms in total. The van der Waals surface area contributed by atoms with E-state index in [0.29, 0.717) is 29.2 Å². The Labute approximate surface area is 176 Å². The second kappa shape index (κ2) is 8.11. The maximum absolute atomic E-state index is 13.4. The number of hydrogen-bond donors (Lipinski definition) is 2. The Balaban J connectivity index is 1.50. The third-order valence-corrected chi connectivity index (χ3v) is 5.58. The maximum atomic E-state index is 13.4. The van der Waals surface area contributed by atoms with E-state index in [2.05, 4.69) is 25.0 Å². The number of aromatic nitrogens is 4. The minimum absolute atomic E-state index is 0.258. The second-order valence-electron chi connectivity index (χ2n) is 6.51. The molecular weight excluding hydrogens is 426 g/mol. The minimum Gasteiger partial charge on any atom is -0.340 e. The van der Waals surface area contributed by atoms with E-state index in [0.717, 1.165) is 12.1 Å². The third kappa shape index (κ3) is 4.67. The highest BCUT2D eigenvalue weighted by atomic mass is 32.2. The van der Waals surface area contributed by atoms with Crippen LogP contribution < -0.4 is 10.0 Å². The van der Waals surface area contributed by atoms with Crippen LogP contribution in [0.15, 0.2) is 72.1 Å². The number of nitrogens with zero attached hydrogens (tertiary/aromatic N) is 4. The van der Waals surface area contributed by atoms with Crippen molar-refractivity contribution in [2.24, 2.45) is 0 Å². The van der Waals surface area contributed by atoms with Crippen molar-refractivity contribution in [2.75, 3.05) is 10.0 Å². The van der Waals surface area contributed by atoms with Crippen LogP contribution >= 0.6 is 0 Å². The molecule has 0 radical (unpaired) electrons. The van der Waals surface area contributed by atoms with Crippen molar-refractivity contribution in [2.45, 2.75) is 11.8 Å². The lowest BCUT2D eigenvalue weighted by molar-refractivity contribution is 0.504. The van der Waals surface area contributed by atoms with Crippen LogP contribution in [0.1, 0.15) is 5.82 Å². The van der Waals surface area contributed by atoms with E-state index in [9.17, 15) is 17.2 Å². The summed E-state index contributed by atoms with van der Waals surface area (Å²) in [4.78, 5) is 12.3. The van der Waals surface area contributed by atoms with Crippen molar-refractivity contribution in [1.29, 1.82) is 0 Å². The smallest absolute Gasteiger partial charge is 0.261 e. The van der Waals surface area contributed by atoms with Crippen molar-refractivity contribution in [3.63, 3.8) is 0 Å². The summed E-state index contributed by atoms with van der Waals surface area (Å²) in [5.41, 5.74) is 0.915. The highest BCUT2D eigenvalue weighted by Gasteiger charge is 2.16. The summed E-state index contributed by atoms with van der Waals surface area (Å²) in [5.74, 6) is -0.609. The van der Waals surface area contributed by atoms with Crippen LogP contribution in [0.2, 0.25) is 0 Å².